The summed E-state index contributed by atoms with van der Waals surface area (Å²) in [7, 11) is 0. The minimum Gasteiger partial charge on any atom is -0.471 e. The van der Waals surface area contributed by atoms with Crippen LogP contribution in [-0.2, 0) is 13.1 Å². The monoisotopic (exact) mass is 1000 g/mol. The van der Waals surface area contributed by atoms with E-state index in [2.05, 4.69) is 34.3 Å². The molecule has 2 N–H and O–H groups in total. The molecule has 0 bridgehead atoms. The number of carbonyl (C=O) groups is 1. The van der Waals surface area contributed by atoms with Crippen LogP contribution >= 0.6 is 82.9 Å². The van der Waals surface area contributed by atoms with Gasteiger partial charge in [0.1, 0.15) is 5.75 Å². The van der Waals surface area contributed by atoms with Crippen LogP contribution in [0.5, 0.6) is 5.75 Å². The number of carbonyl (C=O) groups excluding carboxylic acids is 1. The molecular formula is C29H40I4N4O3. The predicted molar refractivity (Wildman–Crippen MR) is 206 cm³/mol. The van der Waals surface area contributed by atoms with Crippen molar-refractivity contribution in [3.05, 3.63) is 41.2 Å². The molecule has 7 nitrogen and oxygen atoms in total. The van der Waals surface area contributed by atoms with Crippen molar-refractivity contribution in [2.75, 3.05) is 18.4 Å². The quantitative estimate of drug-likeness (QED) is 0.165. The first-order chi connectivity index (χ1) is 19.1. The van der Waals surface area contributed by atoms with Crippen LogP contribution in [-0.4, -0.2) is 66.5 Å². The Morgan fingerprint density at radius 2 is 1.90 bits per heavy atom. The maximum absolute atomic E-state index is 13.5. The van der Waals surface area contributed by atoms with Gasteiger partial charge in [0.25, 0.3) is 5.91 Å². The Bertz CT molecular complexity index is 1240. The van der Waals surface area contributed by atoms with Crippen LogP contribution in [0.3, 0.4) is 0 Å². The molecule has 0 unspecified atom stereocenters. The number of benzene rings is 1. The van der Waals surface area contributed by atoms with Gasteiger partial charge in [0.15, 0.2) is 2.12 Å². The first-order valence-corrected chi connectivity index (χ1v) is 24.3. The normalized spacial score (nSPS) is 18.4. The van der Waals surface area contributed by atoms with Crippen LogP contribution in [0.4, 0.5) is 5.69 Å². The molecule has 4 rings (SSSR count). The van der Waals surface area contributed by atoms with Crippen molar-refractivity contribution in [3.63, 3.8) is 0 Å². The molecule has 1 atom stereocenters. The molecule has 1 aliphatic heterocycles. The molecule has 0 spiro atoms. The number of ether oxygens (including phenoxy) is 1. The second-order valence-electron chi connectivity index (χ2n) is 10.8. The summed E-state index contributed by atoms with van der Waals surface area (Å²) in [6, 6.07) is 6.01. The fraction of sp³-hybridized carbons (Fsp3) is 0.517. The van der Waals surface area contributed by atoms with Crippen LogP contribution in [0, 0.1) is 5.92 Å². The SMILES string of the molecule is C=IC(Cn1cc(C(=O)Nc2ccc(CN3CCC[C@H](C(C)(C)O)C3)c(OC(I=C)I=C)c2)c(C2CC2)n1)I=C. The number of rotatable bonds is 14. The number of hydrogen-bond acceptors (Lipinski definition) is 5. The van der Waals surface area contributed by atoms with Crippen molar-refractivity contribution in [2.45, 2.75) is 68.2 Å². The average molecular weight is 1000 g/mol. The van der Waals surface area contributed by atoms with E-state index in [1.165, 1.54) is 0 Å². The molecule has 222 valence electrons. The van der Waals surface area contributed by atoms with Gasteiger partial charge in [0, 0.05) is 42.5 Å². The third-order valence-electron chi connectivity index (χ3n) is 7.34. The first-order valence-electron chi connectivity index (χ1n) is 13.3. The Morgan fingerprint density at radius 1 is 1.18 bits per heavy atom. The molecule has 2 aliphatic rings. The van der Waals surface area contributed by atoms with Crippen LogP contribution in [0.15, 0.2) is 24.4 Å². The minimum atomic E-state index is -0.689. The van der Waals surface area contributed by atoms with E-state index < -0.39 is 5.60 Å². The maximum Gasteiger partial charge on any atom is 0.259 e. The summed E-state index contributed by atoms with van der Waals surface area (Å²) in [6.45, 7) is 7.25. The molecule has 1 aliphatic carbocycles. The maximum atomic E-state index is 13.5. The average Bonchev–Trinajstić information content (AvgIpc) is 3.70. The Hall–Kier alpha value is 0.0200. The van der Waals surface area contributed by atoms with Crippen LogP contribution in [0.1, 0.15) is 67.1 Å². The van der Waals surface area contributed by atoms with E-state index in [9.17, 15) is 9.90 Å². The van der Waals surface area contributed by atoms with Crippen LogP contribution < -0.4 is 10.1 Å². The second-order valence-corrected chi connectivity index (χ2v) is 24.4. The van der Waals surface area contributed by atoms with Crippen molar-refractivity contribution in [1.29, 1.82) is 0 Å². The Balaban J connectivity index is 1.55. The molecule has 0 radical (unpaired) electrons. The zero-order valence-corrected chi connectivity index (χ0v) is 31.9. The lowest BCUT2D eigenvalue weighted by molar-refractivity contribution is -0.0198. The lowest BCUT2D eigenvalue weighted by Gasteiger charge is -2.39. The molecule has 40 heavy (non-hydrogen) atoms. The van der Waals surface area contributed by atoms with E-state index in [1.807, 2.05) is 36.9 Å². The highest BCUT2D eigenvalue weighted by Gasteiger charge is 2.33. The van der Waals surface area contributed by atoms with E-state index in [1.54, 1.807) is 0 Å². The van der Waals surface area contributed by atoms with Gasteiger partial charge in [-0.05, 0) is 58.1 Å². The van der Waals surface area contributed by atoms with Crippen molar-refractivity contribution in [2.24, 2.45) is 5.92 Å². The number of halogens is 4. The minimum absolute atomic E-state index is 0.118. The molecule has 1 saturated carbocycles. The van der Waals surface area contributed by atoms with Crippen molar-refractivity contribution < 1.29 is 14.6 Å². The van der Waals surface area contributed by atoms with Gasteiger partial charge >= 0.3 is 0 Å². The number of nitrogens with zero attached hydrogens (tertiary/aromatic N) is 3. The summed E-state index contributed by atoms with van der Waals surface area (Å²) in [5.41, 5.74) is 2.73. The van der Waals surface area contributed by atoms with E-state index in [4.69, 9.17) is 9.84 Å². The van der Waals surface area contributed by atoms with Crippen molar-refractivity contribution in [3.8, 4) is 5.75 Å². The zero-order valence-electron chi connectivity index (χ0n) is 23.2. The second kappa shape index (κ2) is 15.1. The Morgan fingerprint density at radius 3 is 2.52 bits per heavy atom. The van der Waals surface area contributed by atoms with Gasteiger partial charge < -0.3 is 15.2 Å². The lowest BCUT2D eigenvalue weighted by Crippen LogP contribution is -2.44. The smallest absolute Gasteiger partial charge is 0.259 e. The molecule has 1 aromatic heterocycles. The van der Waals surface area contributed by atoms with Gasteiger partial charge in [-0.1, -0.05) is 65.6 Å². The van der Waals surface area contributed by atoms with Crippen LogP contribution in [0.25, 0.3) is 0 Å². The number of alkyl halides is 4. The van der Waals surface area contributed by atoms with Gasteiger partial charge in [-0.3, -0.25) is 14.4 Å². The van der Waals surface area contributed by atoms with Gasteiger partial charge in [0.05, 0.1) is 25.3 Å². The fourth-order valence-corrected chi connectivity index (χ4v) is 10.8. The highest BCUT2D eigenvalue weighted by molar-refractivity contribution is 14.3. The van der Waals surface area contributed by atoms with Gasteiger partial charge in [-0.25, -0.2) is 0 Å². The summed E-state index contributed by atoms with van der Waals surface area (Å²) < 4.78 is 25.8. The van der Waals surface area contributed by atoms with E-state index in [0.717, 1.165) is 74.6 Å². The summed E-state index contributed by atoms with van der Waals surface area (Å²) in [6.07, 6.45) is 6.22. The van der Waals surface area contributed by atoms with E-state index in [-0.39, 0.29) is 96.9 Å². The molecule has 2 fully saturated rings. The summed E-state index contributed by atoms with van der Waals surface area (Å²) in [5, 5.41) is 18.6. The molecular weight excluding hydrogens is 960 g/mol. The van der Waals surface area contributed by atoms with Crippen LogP contribution in [0.2, 0.25) is 0 Å². The number of nitrogens with one attached hydrogen (secondary N) is 1. The number of anilines is 1. The van der Waals surface area contributed by atoms with Gasteiger partial charge in [0.2, 0.25) is 0 Å². The van der Waals surface area contributed by atoms with Crippen molar-refractivity contribution >= 4 is 113 Å². The third-order valence-corrected chi connectivity index (χ3v) is 20.9. The molecule has 1 amide bonds. The number of amides is 1. The van der Waals surface area contributed by atoms with E-state index >= 15 is 0 Å². The number of aromatic nitrogens is 2. The number of hydrogen-bond donors (Lipinski definition) is 2. The van der Waals surface area contributed by atoms with Gasteiger partial charge in [-0.2, -0.15) is 5.10 Å². The zero-order chi connectivity index (χ0) is 28.9. The molecule has 2 aromatic rings. The van der Waals surface area contributed by atoms with Gasteiger partial charge in [-0.15, -0.1) is 41.5 Å². The topological polar surface area (TPSA) is 79.6 Å². The van der Waals surface area contributed by atoms with Crippen molar-refractivity contribution in [1.82, 2.24) is 14.7 Å². The summed E-state index contributed by atoms with van der Waals surface area (Å²) >= 11 is -0.976. The number of likely N-dealkylation sites (tertiary alicyclic amines) is 1. The highest BCUT2D eigenvalue weighted by atomic mass is 127. The lowest BCUT2D eigenvalue weighted by atomic mass is 9.84. The predicted octanol–water partition coefficient (Wildman–Crippen LogP) is 6.60. The number of piperidine rings is 1. The number of aliphatic hydroxyl groups is 1. The third kappa shape index (κ3) is 9.02. The standard InChI is InChI=1S/C29H40I4N4O3/c1-29(2,39)21-8-7-13-36(16-21)15-20-11-12-22(14-24(20)40-28(32-5)33-6)34-27(38)23-17-37(18-25(30-3)31-4)35-26(23)19-9-10-19/h11-12,14,17,19,21,25,28,39H,3-10,13,15-16,18H2,1-2H3,(H,34,38)/t21-/m0/s1. The fourth-order valence-electron chi connectivity index (χ4n) is 4.93. The van der Waals surface area contributed by atoms with E-state index in [0.29, 0.717) is 13.4 Å². The summed E-state index contributed by atoms with van der Waals surface area (Å²) in [5.74, 6) is 1.31. The molecule has 11 heteroatoms. The highest BCUT2D eigenvalue weighted by Crippen LogP contribution is 2.41. The molecule has 1 saturated heterocycles. The molecule has 1 aromatic carbocycles. The molecule has 2 heterocycles. The Labute approximate surface area is 278 Å². The summed E-state index contributed by atoms with van der Waals surface area (Å²) in [4.78, 5) is 15.9. The first kappa shape index (κ1) is 32.9. The Kier molecular flexibility index (Phi) is 12.5. The largest absolute Gasteiger partial charge is 0.471 e.